The van der Waals surface area contributed by atoms with Gasteiger partial charge in [-0.25, -0.2) is 0 Å². The van der Waals surface area contributed by atoms with Gasteiger partial charge in [0.05, 0.1) is 13.5 Å². The lowest BCUT2D eigenvalue weighted by molar-refractivity contribution is -0.141. The molecule has 0 amide bonds. The van der Waals surface area contributed by atoms with Crippen molar-refractivity contribution < 1.29 is 9.53 Å². The Morgan fingerprint density at radius 1 is 1.35 bits per heavy atom. The number of rotatable bonds is 5. The van der Waals surface area contributed by atoms with E-state index < -0.39 is 0 Å². The molecule has 0 saturated carbocycles. The Morgan fingerprint density at radius 2 is 1.94 bits per heavy atom. The second kappa shape index (κ2) is 6.25. The summed E-state index contributed by atoms with van der Waals surface area (Å²) >= 11 is 0. The van der Waals surface area contributed by atoms with Gasteiger partial charge in [-0.2, -0.15) is 0 Å². The normalized spacial score (nSPS) is 12.0. The van der Waals surface area contributed by atoms with Crippen LogP contribution in [0.15, 0.2) is 24.3 Å². The van der Waals surface area contributed by atoms with Gasteiger partial charge in [-0.3, -0.25) is 4.79 Å². The smallest absolute Gasteiger partial charge is 0.306 e. The average Bonchev–Trinajstić information content (AvgIpc) is 2.35. The van der Waals surface area contributed by atoms with Gasteiger partial charge >= 0.3 is 5.97 Å². The lowest BCUT2D eigenvalue weighted by Gasteiger charge is -2.16. The summed E-state index contributed by atoms with van der Waals surface area (Å²) in [4.78, 5) is 13.3. The molecule has 0 aliphatic rings. The minimum atomic E-state index is -0.225. The number of esters is 1. The Kier molecular flexibility index (Phi) is 4.97. The molecule has 17 heavy (non-hydrogen) atoms. The molecule has 0 aromatic heterocycles. The molecule has 0 aliphatic heterocycles. The van der Waals surface area contributed by atoms with Crippen molar-refractivity contribution in [1.82, 2.24) is 0 Å². The number of carbonyl (C=O) groups excluding carboxylic acids is 1. The zero-order valence-electron chi connectivity index (χ0n) is 10.6. The van der Waals surface area contributed by atoms with Crippen LogP contribution < -0.4 is 10.6 Å². The van der Waals surface area contributed by atoms with Gasteiger partial charge in [-0.15, -0.1) is 0 Å². The molecule has 2 N–H and O–H groups in total. The van der Waals surface area contributed by atoms with E-state index in [2.05, 4.69) is 4.74 Å². The van der Waals surface area contributed by atoms with E-state index in [1.807, 2.05) is 43.3 Å². The summed E-state index contributed by atoms with van der Waals surface area (Å²) in [6, 6.07) is 8.07. The Morgan fingerprint density at radius 3 is 2.35 bits per heavy atom. The minimum absolute atomic E-state index is 0.0265. The number of hydrogen-bond acceptors (Lipinski definition) is 4. The molecule has 0 bridgehead atoms. The summed E-state index contributed by atoms with van der Waals surface area (Å²) in [5, 5.41) is 0. The van der Waals surface area contributed by atoms with Gasteiger partial charge in [-0.05, 0) is 24.2 Å². The van der Waals surface area contributed by atoms with Crippen LogP contribution in [0.3, 0.4) is 0 Å². The first kappa shape index (κ1) is 13.5. The van der Waals surface area contributed by atoms with Crippen molar-refractivity contribution in [1.29, 1.82) is 0 Å². The molecule has 0 saturated heterocycles. The molecule has 94 valence electrons. The highest BCUT2D eigenvalue weighted by Gasteiger charge is 2.14. The summed E-state index contributed by atoms with van der Waals surface area (Å²) < 4.78 is 4.66. The molecule has 0 fully saturated rings. The Hall–Kier alpha value is -1.55. The largest absolute Gasteiger partial charge is 0.469 e. The van der Waals surface area contributed by atoms with Crippen LogP contribution >= 0.6 is 0 Å². The van der Waals surface area contributed by atoms with Crippen LogP contribution in [-0.4, -0.2) is 33.7 Å². The van der Waals surface area contributed by atoms with Crippen molar-refractivity contribution in [2.45, 2.75) is 12.3 Å². The first-order chi connectivity index (χ1) is 8.08. The van der Waals surface area contributed by atoms with Gasteiger partial charge in [0.25, 0.3) is 0 Å². The van der Waals surface area contributed by atoms with E-state index in [0.29, 0.717) is 13.0 Å². The van der Waals surface area contributed by atoms with E-state index in [0.717, 1.165) is 11.3 Å². The Bertz CT molecular complexity index is 360. The lowest BCUT2D eigenvalue weighted by atomic mass is 9.95. The Labute approximate surface area is 102 Å². The predicted octanol–water partition coefficient (Wildman–Crippen LogP) is 1.36. The van der Waals surface area contributed by atoms with Gasteiger partial charge in [0.2, 0.25) is 0 Å². The zero-order valence-corrected chi connectivity index (χ0v) is 10.6. The van der Waals surface area contributed by atoms with Crippen LogP contribution in [0.2, 0.25) is 0 Å². The zero-order chi connectivity index (χ0) is 12.8. The molecule has 1 atom stereocenters. The first-order valence-electron chi connectivity index (χ1n) is 5.62. The molecule has 0 aliphatic carbocycles. The van der Waals surface area contributed by atoms with Crippen LogP contribution in [0.1, 0.15) is 17.9 Å². The van der Waals surface area contributed by atoms with E-state index in [4.69, 9.17) is 5.73 Å². The van der Waals surface area contributed by atoms with Crippen LogP contribution in [-0.2, 0) is 9.53 Å². The summed E-state index contributed by atoms with van der Waals surface area (Å²) in [6.45, 7) is 0.441. The average molecular weight is 236 g/mol. The summed E-state index contributed by atoms with van der Waals surface area (Å²) in [7, 11) is 5.37. The summed E-state index contributed by atoms with van der Waals surface area (Å²) in [5.41, 5.74) is 7.89. The number of nitrogens with two attached hydrogens (primary N) is 1. The number of ether oxygens (including phenoxy) is 1. The third-order valence-electron chi connectivity index (χ3n) is 2.81. The van der Waals surface area contributed by atoms with Crippen LogP contribution in [0.4, 0.5) is 5.69 Å². The molecule has 0 heterocycles. The molecule has 1 aromatic rings. The Balaban J connectivity index is 2.78. The standard InChI is InChI=1S/C13H20N2O2/c1-15(2)12-6-4-10(5-7-12)11(9-14)8-13(16)17-3/h4-7,11H,8-9,14H2,1-3H3. The number of benzene rings is 1. The van der Waals surface area contributed by atoms with Crippen molar-refractivity contribution in [3.8, 4) is 0 Å². The molecular formula is C13H20N2O2. The van der Waals surface area contributed by atoms with Gasteiger partial charge < -0.3 is 15.4 Å². The second-order valence-electron chi connectivity index (χ2n) is 4.20. The summed E-state index contributed by atoms with van der Waals surface area (Å²) in [6.07, 6.45) is 0.328. The fourth-order valence-electron chi connectivity index (χ4n) is 1.67. The fourth-order valence-corrected chi connectivity index (χ4v) is 1.67. The van der Waals surface area contributed by atoms with Crippen LogP contribution in [0.25, 0.3) is 0 Å². The van der Waals surface area contributed by atoms with E-state index >= 15 is 0 Å². The quantitative estimate of drug-likeness (QED) is 0.784. The second-order valence-corrected chi connectivity index (χ2v) is 4.20. The maximum absolute atomic E-state index is 11.2. The van der Waals surface area contributed by atoms with Gasteiger partial charge in [0.1, 0.15) is 0 Å². The maximum atomic E-state index is 11.2. The highest BCUT2D eigenvalue weighted by Crippen LogP contribution is 2.21. The number of carbonyl (C=O) groups is 1. The number of nitrogens with zero attached hydrogens (tertiary/aromatic N) is 1. The van der Waals surface area contributed by atoms with Crippen molar-refractivity contribution in [2.75, 3.05) is 32.6 Å². The topological polar surface area (TPSA) is 55.6 Å². The molecule has 0 spiro atoms. The fraction of sp³-hybridized carbons (Fsp3) is 0.462. The highest BCUT2D eigenvalue weighted by atomic mass is 16.5. The highest BCUT2D eigenvalue weighted by molar-refractivity contribution is 5.70. The number of methoxy groups -OCH3 is 1. The van der Waals surface area contributed by atoms with Gasteiger partial charge in [0.15, 0.2) is 0 Å². The van der Waals surface area contributed by atoms with Crippen molar-refractivity contribution in [3.05, 3.63) is 29.8 Å². The SMILES string of the molecule is COC(=O)CC(CN)c1ccc(N(C)C)cc1. The molecule has 1 aromatic carbocycles. The van der Waals surface area contributed by atoms with E-state index in [1.165, 1.54) is 7.11 Å². The maximum Gasteiger partial charge on any atom is 0.306 e. The summed E-state index contributed by atoms with van der Waals surface area (Å²) in [5.74, 6) is -0.198. The van der Waals surface area contributed by atoms with E-state index in [1.54, 1.807) is 0 Å². The number of anilines is 1. The van der Waals surface area contributed by atoms with Crippen LogP contribution in [0.5, 0.6) is 0 Å². The van der Waals surface area contributed by atoms with E-state index in [9.17, 15) is 4.79 Å². The molecular weight excluding hydrogens is 216 g/mol. The first-order valence-corrected chi connectivity index (χ1v) is 5.62. The molecule has 1 rings (SSSR count). The van der Waals surface area contributed by atoms with Gasteiger partial charge in [0, 0.05) is 25.7 Å². The van der Waals surface area contributed by atoms with Crippen LogP contribution in [0, 0.1) is 0 Å². The van der Waals surface area contributed by atoms with Crippen molar-refractivity contribution in [3.63, 3.8) is 0 Å². The number of hydrogen-bond donors (Lipinski definition) is 1. The molecule has 4 heteroatoms. The van der Waals surface area contributed by atoms with Gasteiger partial charge in [-0.1, -0.05) is 12.1 Å². The predicted molar refractivity (Wildman–Crippen MR) is 69.2 cm³/mol. The monoisotopic (exact) mass is 236 g/mol. The third kappa shape index (κ3) is 3.75. The van der Waals surface area contributed by atoms with Crippen molar-refractivity contribution >= 4 is 11.7 Å². The molecule has 4 nitrogen and oxygen atoms in total. The molecule has 1 unspecified atom stereocenters. The third-order valence-corrected chi connectivity index (χ3v) is 2.81. The lowest BCUT2D eigenvalue weighted by Crippen LogP contribution is -2.17. The van der Waals surface area contributed by atoms with Crippen molar-refractivity contribution in [2.24, 2.45) is 5.73 Å². The van der Waals surface area contributed by atoms with E-state index in [-0.39, 0.29) is 11.9 Å². The minimum Gasteiger partial charge on any atom is -0.469 e. The molecule has 0 radical (unpaired) electrons.